The molecule has 0 spiro atoms. The van der Waals surface area contributed by atoms with Gasteiger partial charge in [0.2, 0.25) is 5.91 Å². The first-order valence-electron chi connectivity index (χ1n) is 33.5. The first-order chi connectivity index (χ1) is 40.1. The van der Waals surface area contributed by atoms with Crippen LogP contribution in [0.3, 0.4) is 0 Å². The van der Waals surface area contributed by atoms with Crippen LogP contribution in [0.25, 0.3) is 0 Å². The van der Waals surface area contributed by atoms with Crippen molar-refractivity contribution >= 4 is 5.91 Å². The lowest BCUT2D eigenvalue weighted by Crippen LogP contribution is -2.65. The van der Waals surface area contributed by atoms with E-state index in [1.165, 1.54) is 161 Å². The van der Waals surface area contributed by atoms with Crippen LogP contribution < -0.4 is 5.32 Å². The van der Waals surface area contributed by atoms with Gasteiger partial charge in [-0.2, -0.15) is 0 Å². The van der Waals surface area contributed by atoms with Crippen molar-refractivity contribution < 1.29 is 64.6 Å². The number of amides is 1. The average molecular weight is 1160 g/mol. The summed E-state index contributed by atoms with van der Waals surface area (Å²) >= 11 is 0. The van der Waals surface area contributed by atoms with Crippen LogP contribution >= 0.6 is 0 Å². The van der Waals surface area contributed by atoms with Crippen LogP contribution in [-0.4, -0.2) is 140 Å². The van der Waals surface area contributed by atoms with Gasteiger partial charge < -0.3 is 65.1 Å². The molecule has 0 radical (unpaired) electrons. The van der Waals surface area contributed by atoms with E-state index < -0.39 is 86.8 Å². The standard InChI is InChI=1S/C68H123NO13/c1-3-5-7-9-11-13-15-17-19-21-23-24-25-26-27-28-29-30-31-32-34-35-37-39-41-43-45-47-49-51-57(72)56(69-60(73)52-50-48-46-44-42-40-38-36-33-22-20-18-16-14-12-10-8-6-4-2)55-79-67-65(78)63(76)66(59(54-71)81-67)82-68-64(77)62(75)61(74)58(53-70)80-68/h6,8,12,14,18,20,33,36,49,51,56-59,61-68,70-72,74-78H,3-5,7,9-11,13,15-17,19,21-32,34-35,37-48,50,52-55H2,1-2H3,(H,69,73)/b8-6-,14-12-,20-18-,36-33-,51-49+. The fourth-order valence-electron chi connectivity index (χ4n) is 10.9. The van der Waals surface area contributed by atoms with Gasteiger partial charge in [0.25, 0.3) is 0 Å². The second kappa shape index (κ2) is 53.0. The van der Waals surface area contributed by atoms with Gasteiger partial charge in [-0.05, 0) is 57.8 Å². The van der Waals surface area contributed by atoms with Gasteiger partial charge in [-0.1, -0.05) is 267 Å². The summed E-state index contributed by atoms with van der Waals surface area (Å²) in [6.07, 6.45) is 52.7. The number of hydrogen-bond donors (Lipinski definition) is 9. The van der Waals surface area contributed by atoms with Crippen molar-refractivity contribution in [2.75, 3.05) is 19.8 Å². The summed E-state index contributed by atoms with van der Waals surface area (Å²) in [5.41, 5.74) is 0. The normalized spacial score (nSPS) is 24.3. The number of carbonyl (C=O) groups is 1. The highest BCUT2D eigenvalue weighted by atomic mass is 16.7. The predicted octanol–water partition coefficient (Wildman–Crippen LogP) is 12.9. The minimum atomic E-state index is -1.79. The smallest absolute Gasteiger partial charge is 0.220 e. The first kappa shape index (κ1) is 75.8. The number of hydrogen-bond acceptors (Lipinski definition) is 13. The number of carbonyl (C=O) groups excluding carboxylic acids is 1. The number of rotatable bonds is 54. The maximum atomic E-state index is 13.3. The molecule has 2 aliphatic heterocycles. The van der Waals surface area contributed by atoms with Crippen LogP contribution in [0.2, 0.25) is 0 Å². The Labute approximate surface area is 498 Å². The van der Waals surface area contributed by atoms with E-state index in [0.717, 1.165) is 83.5 Å². The molecule has 2 fully saturated rings. The van der Waals surface area contributed by atoms with E-state index in [1.54, 1.807) is 6.08 Å². The van der Waals surface area contributed by atoms with Crippen LogP contribution in [-0.2, 0) is 23.7 Å². The number of allylic oxidation sites excluding steroid dienone is 9. The van der Waals surface area contributed by atoms with E-state index in [2.05, 4.69) is 67.8 Å². The summed E-state index contributed by atoms with van der Waals surface area (Å²) in [5.74, 6) is -0.252. The van der Waals surface area contributed by atoms with Gasteiger partial charge in [0.15, 0.2) is 12.6 Å². The summed E-state index contributed by atoms with van der Waals surface area (Å²) in [5, 5.41) is 87.3. The number of unbranched alkanes of at least 4 members (excludes halogenated alkanes) is 33. The van der Waals surface area contributed by atoms with Gasteiger partial charge in [0.1, 0.15) is 48.8 Å². The fourth-order valence-corrected chi connectivity index (χ4v) is 10.9. The van der Waals surface area contributed by atoms with E-state index in [-0.39, 0.29) is 18.9 Å². The first-order valence-corrected chi connectivity index (χ1v) is 33.5. The molecule has 82 heavy (non-hydrogen) atoms. The molecule has 0 saturated carbocycles. The molecular weight excluding hydrogens is 1040 g/mol. The van der Waals surface area contributed by atoms with E-state index in [0.29, 0.717) is 6.42 Å². The molecule has 9 N–H and O–H groups in total. The molecule has 12 unspecified atom stereocenters. The van der Waals surface area contributed by atoms with E-state index >= 15 is 0 Å². The molecule has 0 aliphatic carbocycles. The molecule has 478 valence electrons. The number of aliphatic hydroxyl groups is 8. The minimum absolute atomic E-state index is 0.252. The fraction of sp³-hybridized carbons (Fsp3) is 0.838. The Hall–Kier alpha value is -2.31. The van der Waals surface area contributed by atoms with Gasteiger partial charge in [0.05, 0.1) is 32.0 Å². The largest absolute Gasteiger partial charge is 0.394 e. The molecule has 2 aliphatic rings. The second-order valence-corrected chi connectivity index (χ2v) is 23.6. The van der Waals surface area contributed by atoms with Crippen LogP contribution in [0.1, 0.15) is 271 Å². The van der Waals surface area contributed by atoms with Crippen LogP contribution in [0.15, 0.2) is 60.8 Å². The molecule has 12 atom stereocenters. The minimum Gasteiger partial charge on any atom is -0.394 e. The van der Waals surface area contributed by atoms with Crippen molar-refractivity contribution in [3.05, 3.63) is 60.8 Å². The molecule has 0 aromatic heterocycles. The van der Waals surface area contributed by atoms with Crippen LogP contribution in [0, 0.1) is 0 Å². The third kappa shape index (κ3) is 37.3. The van der Waals surface area contributed by atoms with Crippen molar-refractivity contribution in [2.24, 2.45) is 0 Å². The topological polar surface area (TPSA) is 228 Å². The Kier molecular flexibility index (Phi) is 49.0. The Morgan fingerprint density at radius 1 is 0.451 bits per heavy atom. The predicted molar refractivity (Wildman–Crippen MR) is 332 cm³/mol. The van der Waals surface area contributed by atoms with Gasteiger partial charge in [-0.25, -0.2) is 0 Å². The third-order valence-electron chi connectivity index (χ3n) is 16.2. The second-order valence-electron chi connectivity index (χ2n) is 23.6. The van der Waals surface area contributed by atoms with Crippen LogP contribution in [0.4, 0.5) is 0 Å². The average Bonchev–Trinajstić information content (AvgIpc) is 3.67. The lowest BCUT2D eigenvalue weighted by atomic mass is 9.97. The summed E-state index contributed by atoms with van der Waals surface area (Å²) < 4.78 is 22.8. The van der Waals surface area contributed by atoms with E-state index in [9.17, 15) is 45.6 Å². The van der Waals surface area contributed by atoms with Crippen molar-refractivity contribution in [3.8, 4) is 0 Å². The molecule has 14 nitrogen and oxygen atoms in total. The zero-order valence-electron chi connectivity index (χ0n) is 51.7. The van der Waals surface area contributed by atoms with Gasteiger partial charge in [-0.3, -0.25) is 4.79 Å². The molecule has 14 heteroatoms. The van der Waals surface area contributed by atoms with Crippen molar-refractivity contribution in [2.45, 2.75) is 344 Å². The number of nitrogens with one attached hydrogen (secondary N) is 1. The Bertz CT molecular complexity index is 1610. The zero-order chi connectivity index (χ0) is 59.5. The maximum absolute atomic E-state index is 13.3. The molecule has 1 amide bonds. The molecule has 0 aromatic carbocycles. The maximum Gasteiger partial charge on any atom is 0.220 e. The van der Waals surface area contributed by atoms with Crippen molar-refractivity contribution in [3.63, 3.8) is 0 Å². The Balaban J connectivity index is 1.70. The quantitative estimate of drug-likeness (QED) is 0.0204. The Morgan fingerprint density at radius 2 is 0.841 bits per heavy atom. The number of ether oxygens (including phenoxy) is 4. The van der Waals surface area contributed by atoms with Gasteiger partial charge in [-0.15, -0.1) is 0 Å². The Morgan fingerprint density at radius 3 is 1.29 bits per heavy atom. The highest BCUT2D eigenvalue weighted by molar-refractivity contribution is 5.76. The molecule has 2 rings (SSSR count). The van der Waals surface area contributed by atoms with Crippen molar-refractivity contribution in [1.82, 2.24) is 5.32 Å². The summed E-state index contributed by atoms with van der Waals surface area (Å²) in [6.45, 7) is 2.70. The lowest BCUT2D eigenvalue weighted by Gasteiger charge is -2.46. The molecular formula is C68H123NO13. The molecule has 0 bridgehead atoms. The molecule has 2 saturated heterocycles. The van der Waals surface area contributed by atoms with Crippen LogP contribution in [0.5, 0.6) is 0 Å². The summed E-state index contributed by atoms with van der Waals surface area (Å²) in [4.78, 5) is 13.3. The van der Waals surface area contributed by atoms with E-state index in [4.69, 9.17) is 18.9 Å². The number of aliphatic hydroxyl groups excluding tert-OH is 8. The lowest BCUT2D eigenvalue weighted by molar-refractivity contribution is -0.359. The van der Waals surface area contributed by atoms with Gasteiger partial charge >= 0.3 is 0 Å². The van der Waals surface area contributed by atoms with Gasteiger partial charge in [0, 0.05) is 6.42 Å². The van der Waals surface area contributed by atoms with E-state index in [1.807, 2.05) is 6.08 Å². The highest BCUT2D eigenvalue weighted by Gasteiger charge is 2.51. The zero-order valence-corrected chi connectivity index (χ0v) is 51.7. The molecule has 0 aromatic rings. The monoisotopic (exact) mass is 1160 g/mol. The SMILES string of the molecule is CC/C=C\C/C=C\C/C=C\C/C=C\CCCCCCCCC(=O)NC(COC1OC(CO)C(OC2OC(CO)C(O)C(O)C2O)C(O)C1O)C(O)/C=C/CCCCCCCCCCCCCCCCCCCCCCCCCCCCC. The summed E-state index contributed by atoms with van der Waals surface area (Å²) in [7, 11) is 0. The highest BCUT2D eigenvalue weighted by Crippen LogP contribution is 2.30. The molecule has 2 heterocycles. The summed E-state index contributed by atoms with van der Waals surface area (Å²) in [6, 6.07) is -0.926. The van der Waals surface area contributed by atoms with Crippen molar-refractivity contribution in [1.29, 1.82) is 0 Å². The third-order valence-corrected chi connectivity index (χ3v) is 16.2.